The SMILES string of the molecule is CC1=NOC(C)C1c1ccc2c(N3CCOCC3)nc(-c3ccc(NC(=O)Nc4ccc(C(=O)N5CCCC5)cc4)c(F)c3)nc2c1. The largest absolute Gasteiger partial charge is 0.392 e. The number of hydrogen-bond acceptors (Lipinski definition) is 8. The lowest BCUT2D eigenvalue weighted by atomic mass is 9.90. The topological polar surface area (TPSA) is 121 Å². The van der Waals surface area contributed by atoms with Crippen molar-refractivity contribution in [3.63, 3.8) is 0 Å². The van der Waals surface area contributed by atoms with Gasteiger partial charge in [0.1, 0.15) is 17.7 Å². The molecule has 3 aliphatic heterocycles. The van der Waals surface area contributed by atoms with E-state index in [1.165, 1.54) is 12.1 Å². The molecular weight excluding hydrogens is 601 g/mol. The second kappa shape index (κ2) is 13.0. The Morgan fingerprint density at radius 2 is 1.68 bits per heavy atom. The number of aromatic nitrogens is 2. The molecule has 11 nitrogen and oxygen atoms in total. The summed E-state index contributed by atoms with van der Waals surface area (Å²) in [5.41, 5.74) is 4.20. The van der Waals surface area contributed by atoms with Crippen LogP contribution in [-0.2, 0) is 9.57 Å². The minimum absolute atomic E-state index is 0.00791. The van der Waals surface area contributed by atoms with Crippen molar-refractivity contribution in [2.75, 3.05) is 54.9 Å². The number of carbonyl (C=O) groups excluding carboxylic acids is 2. The van der Waals surface area contributed by atoms with Crippen molar-refractivity contribution < 1.29 is 23.6 Å². The van der Waals surface area contributed by atoms with Gasteiger partial charge in [-0.2, -0.15) is 0 Å². The average molecular weight is 638 g/mol. The van der Waals surface area contributed by atoms with E-state index in [0.29, 0.717) is 48.9 Å². The summed E-state index contributed by atoms with van der Waals surface area (Å²) in [6.45, 7) is 8.00. The fraction of sp³-hybridized carbons (Fsp3) is 0.343. The third-order valence-electron chi connectivity index (χ3n) is 8.91. The van der Waals surface area contributed by atoms with Crippen molar-refractivity contribution in [3.05, 3.63) is 77.6 Å². The second-order valence-electron chi connectivity index (χ2n) is 12.1. The molecule has 0 saturated carbocycles. The molecule has 2 unspecified atom stereocenters. The van der Waals surface area contributed by atoms with Gasteiger partial charge in [-0.05, 0) is 86.8 Å². The molecular formula is C35H36FN7O4. The van der Waals surface area contributed by atoms with E-state index in [9.17, 15) is 9.59 Å². The second-order valence-corrected chi connectivity index (χ2v) is 12.1. The molecule has 3 amide bonds. The number of hydrogen-bond donors (Lipinski definition) is 2. The van der Waals surface area contributed by atoms with Crippen LogP contribution >= 0.6 is 0 Å². The van der Waals surface area contributed by atoms with E-state index < -0.39 is 11.8 Å². The van der Waals surface area contributed by atoms with E-state index in [4.69, 9.17) is 19.5 Å². The zero-order chi connectivity index (χ0) is 32.5. The first-order chi connectivity index (χ1) is 22.8. The highest BCUT2D eigenvalue weighted by molar-refractivity contribution is 6.01. The summed E-state index contributed by atoms with van der Waals surface area (Å²) in [6, 6.07) is 16.7. The number of halogens is 1. The molecule has 2 fully saturated rings. The lowest BCUT2D eigenvalue weighted by Crippen LogP contribution is -2.37. The highest BCUT2D eigenvalue weighted by Crippen LogP contribution is 2.34. The molecule has 1 aromatic heterocycles. The van der Waals surface area contributed by atoms with Crippen molar-refractivity contribution in [1.29, 1.82) is 0 Å². The highest BCUT2D eigenvalue weighted by Gasteiger charge is 2.30. The van der Waals surface area contributed by atoms with Crippen LogP contribution < -0.4 is 15.5 Å². The molecule has 3 aromatic carbocycles. The van der Waals surface area contributed by atoms with Crippen LogP contribution in [0.4, 0.5) is 26.4 Å². The Kier molecular flexibility index (Phi) is 8.42. The molecule has 0 aliphatic carbocycles. The van der Waals surface area contributed by atoms with Gasteiger partial charge in [-0.25, -0.2) is 19.2 Å². The molecule has 0 bridgehead atoms. The smallest absolute Gasteiger partial charge is 0.323 e. The molecule has 4 heterocycles. The third kappa shape index (κ3) is 6.33. The van der Waals surface area contributed by atoms with Crippen LogP contribution in [0, 0.1) is 5.82 Å². The van der Waals surface area contributed by atoms with Gasteiger partial charge in [-0.3, -0.25) is 4.79 Å². The number of morpholine rings is 1. The van der Waals surface area contributed by atoms with Gasteiger partial charge in [0.15, 0.2) is 5.82 Å². The molecule has 3 aliphatic rings. The van der Waals surface area contributed by atoms with E-state index in [-0.39, 0.29) is 23.6 Å². The monoisotopic (exact) mass is 637 g/mol. The van der Waals surface area contributed by atoms with Crippen molar-refractivity contribution >= 4 is 45.7 Å². The lowest BCUT2D eigenvalue weighted by Gasteiger charge is -2.29. The van der Waals surface area contributed by atoms with Crippen LogP contribution in [0.25, 0.3) is 22.3 Å². The number of ether oxygens (including phenoxy) is 1. The molecule has 0 spiro atoms. The maximum Gasteiger partial charge on any atom is 0.323 e. The van der Waals surface area contributed by atoms with Crippen LogP contribution in [0.5, 0.6) is 0 Å². The summed E-state index contributed by atoms with van der Waals surface area (Å²) >= 11 is 0. The zero-order valence-corrected chi connectivity index (χ0v) is 26.3. The molecule has 47 heavy (non-hydrogen) atoms. The van der Waals surface area contributed by atoms with Crippen molar-refractivity contribution in [2.45, 2.75) is 38.7 Å². The van der Waals surface area contributed by atoms with E-state index in [2.05, 4.69) is 26.8 Å². The molecule has 242 valence electrons. The maximum absolute atomic E-state index is 15.5. The predicted molar refractivity (Wildman–Crippen MR) is 179 cm³/mol. The molecule has 0 radical (unpaired) electrons. The third-order valence-corrected chi connectivity index (χ3v) is 8.91. The van der Waals surface area contributed by atoms with Gasteiger partial charge in [0.25, 0.3) is 5.91 Å². The highest BCUT2D eigenvalue weighted by atomic mass is 19.1. The van der Waals surface area contributed by atoms with Gasteiger partial charge >= 0.3 is 6.03 Å². The minimum atomic E-state index is -0.627. The Labute approximate surface area is 271 Å². The summed E-state index contributed by atoms with van der Waals surface area (Å²) in [5, 5.41) is 10.3. The fourth-order valence-electron chi connectivity index (χ4n) is 6.44. The average Bonchev–Trinajstić information content (AvgIpc) is 3.75. The first kappa shape index (κ1) is 30.5. The number of fused-ring (bicyclic) bond motifs is 1. The standard InChI is InChI=1S/C35H36FN7O4/c1-21-31(22(2)47-41-21)24-7-11-27-30(20-24)38-32(40-33(27)42-15-17-46-18-16-42)25-8-12-29(28(36)19-25)39-35(45)37-26-9-5-23(6-10-26)34(44)43-13-3-4-14-43/h5-12,19-20,22,31H,3-4,13-18H2,1-2H3,(H2,37,39,45). The fourth-order valence-corrected chi connectivity index (χ4v) is 6.44. The zero-order valence-electron chi connectivity index (χ0n) is 26.3. The van der Waals surface area contributed by atoms with Gasteiger partial charge < -0.3 is 30.0 Å². The first-order valence-corrected chi connectivity index (χ1v) is 16.0. The summed E-state index contributed by atoms with van der Waals surface area (Å²) < 4.78 is 21.0. The number of amides is 3. The van der Waals surface area contributed by atoms with Crippen LogP contribution in [-0.4, -0.2) is 78.0 Å². The molecule has 7 rings (SSSR count). The molecule has 2 saturated heterocycles. The van der Waals surface area contributed by atoms with Gasteiger partial charge in [-0.1, -0.05) is 11.2 Å². The Bertz CT molecular complexity index is 1850. The summed E-state index contributed by atoms with van der Waals surface area (Å²) in [5.74, 6) is 0.496. The molecule has 2 atom stereocenters. The number of likely N-dealkylation sites (tertiary alicyclic amines) is 1. The number of anilines is 3. The number of rotatable bonds is 6. The maximum atomic E-state index is 15.5. The van der Waals surface area contributed by atoms with Crippen molar-refractivity contribution in [3.8, 4) is 11.4 Å². The van der Waals surface area contributed by atoms with Crippen molar-refractivity contribution in [2.24, 2.45) is 5.16 Å². The van der Waals surface area contributed by atoms with E-state index >= 15 is 4.39 Å². The lowest BCUT2D eigenvalue weighted by molar-refractivity contribution is 0.0792. The Hall–Kier alpha value is -5.10. The minimum Gasteiger partial charge on any atom is -0.392 e. The van der Waals surface area contributed by atoms with Gasteiger partial charge in [-0.15, -0.1) is 0 Å². The Morgan fingerprint density at radius 1 is 0.915 bits per heavy atom. The van der Waals surface area contributed by atoms with E-state index in [1.807, 2.05) is 30.9 Å². The predicted octanol–water partition coefficient (Wildman–Crippen LogP) is 6.03. The van der Waals surface area contributed by atoms with E-state index in [1.54, 1.807) is 30.3 Å². The first-order valence-electron chi connectivity index (χ1n) is 16.0. The van der Waals surface area contributed by atoms with E-state index in [0.717, 1.165) is 53.9 Å². The Balaban J connectivity index is 1.12. The quantitative estimate of drug-likeness (QED) is 0.265. The van der Waals surface area contributed by atoms with Crippen LogP contribution in [0.15, 0.2) is 65.8 Å². The summed E-state index contributed by atoms with van der Waals surface area (Å²) in [4.78, 5) is 44.6. The van der Waals surface area contributed by atoms with Gasteiger partial charge in [0.05, 0.1) is 36.0 Å². The number of nitrogens with zero attached hydrogens (tertiary/aromatic N) is 5. The van der Waals surface area contributed by atoms with Crippen LogP contribution in [0.2, 0.25) is 0 Å². The van der Waals surface area contributed by atoms with Gasteiger partial charge in [0, 0.05) is 48.4 Å². The number of carbonyl (C=O) groups is 2. The van der Waals surface area contributed by atoms with Crippen LogP contribution in [0.3, 0.4) is 0 Å². The normalized spacial score (nSPS) is 19.4. The number of oxime groups is 1. The molecule has 12 heteroatoms. The molecule has 4 aromatic rings. The number of urea groups is 1. The number of benzene rings is 3. The number of nitrogens with one attached hydrogen (secondary N) is 2. The molecule has 2 N–H and O–H groups in total. The van der Waals surface area contributed by atoms with Crippen molar-refractivity contribution in [1.82, 2.24) is 14.9 Å². The summed E-state index contributed by atoms with van der Waals surface area (Å²) in [6.07, 6.45) is 1.93. The Morgan fingerprint density at radius 3 is 2.38 bits per heavy atom. The van der Waals surface area contributed by atoms with Crippen LogP contribution in [0.1, 0.15) is 48.5 Å². The van der Waals surface area contributed by atoms with Gasteiger partial charge in [0.2, 0.25) is 0 Å². The summed E-state index contributed by atoms with van der Waals surface area (Å²) in [7, 11) is 0.